The molecule has 0 unspecified atom stereocenters. The predicted molar refractivity (Wildman–Crippen MR) is 147 cm³/mol. The molecule has 190 valence electrons. The van der Waals surface area contributed by atoms with E-state index < -0.39 is 0 Å². The lowest BCUT2D eigenvalue weighted by Crippen LogP contribution is -2.46. The first-order valence-electron chi connectivity index (χ1n) is 12.6. The van der Waals surface area contributed by atoms with Crippen molar-refractivity contribution in [3.05, 3.63) is 96.1 Å². The Labute approximate surface area is 222 Å². The minimum Gasteiger partial charge on any atom is -0.354 e. The standard InChI is InChI=1S/C30H29N7O/c1-35(2)30(38)25-18-26(23-6-4-3-5-7-23)29(33-20-25)24-10-8-22(9-11-24)21-36-14-16-37(17-15-36)28-12-13-32-27(19-31)34-28/h3-13,18,20H,14-17,21H2,1-2H3. The highest BCUT2D eigenvalue weighted by Crippen LogP contribution is 2.31. The largest absolute Gasteiger partial charge is 0.354 e. The smallest absolute Gasteiger partial charge is 0.254 e. The van der Waals surface area contributed by atoms with Gasteiger partial charge in [-0.3, -0.25) is 14.7 Å². The molecule has 0 aliphatic carbocycles. The summed E-state index contributed by atoms with van der Waals surface area (Å²) in [5.41, 5.74) is 5.63. The van der Waals surface area contributed by atoms with Gasteiger partial charge in [-0.1, -0.05) is 54.6 Å². The minimum absolute atomic E-state index is 0.0677. The van der Waals surface area contributed by atoms with Crippen molar-refractivity contribution in [1.82, 2.24) is 24.8 Å². The molecule has 4 aromatic rings. The molecule has 2 aromatic carbocycles. The molecular formula is C30H29N7O. The molecular weight excluding hydrogens is 474 g/mol. The number of anilines is 1. The molecule has 1 saturated heterocycles. The summed E-state index contributed by atoms with van der Waals surface area (Å²) in [5, 5.41) is 9.06. The number of nitrogens with zero attached hydrogens (tertiary/aromatic N) is 7. The van der Waals surface area contributed by atoms with E-state index >= 15 is 0 Å². The molecule has 0 N–H and O–H groups in total. The Bertz CT molecular complexity index is 1450. The summed E-state index contributed by atoms with van der Waals surface area (Å²) in [4.78, 5) is 31.8. The fraction of sp³-hybridized carbons (Fsp3) is 0.233. The van der Waals surface area contributed by atoms with Gasteiger partial charge in [0, 0.05) is 70.3 Å². The highest BCUT2D eigenvalue weighted by Gasteiger charge is 2.19. The lowest BCUT2D eigenvalue weighted by molar-refractivity contribution is 0.0827. The molecule has 38 heavy (non-hydrogen) atoms. The first kappa shape index (κ1) is 25.1. The Morgan fingerprint density at radius 1 is 0.947 bits per heavy atom. The summed E-state index contributed by atoms with van der Waals surface area (Å²) in [6, 6.07) is 24.4. The number of hydrogen-bond donors (Lipinski definition) is 0. The van der Waals surface area contributed by atoms with Crippen LogP contribution >= 0.6 is 0 Å². The number of carbonyl (C=O) groups is 1. The van der Waals surface area contributed by atoms with E-state index in [0.717, 1.165) is 60.9 Å². The van der Waals surface area contributed by atoms with Gasteiger partial charge in [0.15, 0.2) is 0 Å². The summed E-state index contributed by atoms with van der Waals surface area (Å²) in [7, 11) is 3.50. The Morgan fingerprint density at radius 2 is 1.68 bits per heavy atom. The first-order chi connectivity index (χ1) is 18.5. The number of pyridine rings is 1. The second kappa shape index (κ2) is 11.2. The van der Waals surface area contributed by atoms with Gasteiger partial charge in [-0.25, -0.2) is 9.97 Å². The van der Waals surface area contributed by atoms with Crippen LogP contribution in [0.15, 0.2) is 79.1 Å². The third-order valence-electron chi connectivity index (χ3n) is 6.70. The molecule has 5 rings (SSSR count). The van der Waals surface area contributed by atoms with E-state index in [1.165, 1.54) is 5.56 Å². The molecule has 1 aliphatic rings. The van der Waals surface area contributed by atoms with Gasteiger partial charge >= 0.3 is 0 Å². The van der Waals surface area contributed by atoms with Gasteiger partial charge in [0.1, 0.15) is 11.9 Å². The van der Waals surface area contributed by atoms with Gasteiger partial charge < -0.3 is 9.80 Å². The van der Waals surface area contributed by atoms with Gasteiger partial charge in [0.2, 0.25) is 5.82 Å². The van der Waals surface area contributed by atoms with Crippen LogP contribution in [0.1, 0.15) is 21.7 Å². The Kier molecular flexibility index (Phi) is 7.38. The molecule has 8 heteroatoms. The van der Waals surface area contributed by atoms with E-state index in [9.17, 15) is 4.79 Å². The number of aromatic nitrogens is 3. The molecule has 2 aromatic heterocycles. The van der Waals surface area contributed by atoms with Crippen molar-refractivity contribution in [3.63, 3.8) is 0 Å². The second-order valence-electron chi connectivity index (χ2n) is 9.50. The van der Waals surface area contributed by atoms with Crippen LogP contribution in [0.2, 0.25) is 0 Å². The van der Waals surface area contributed by atoms with Crippen LogP contribution in [-0.2, 0) is 6.54 Å². The summed E-state index contributed by atoms with van der Waals surface area (Å²) in [6.07, 6.45) is 3.30. The van der Waals surface area contributed by atoms with Crippen LogP contribution in [0.5, 0.6) is 0 Å². The van der Waals surface area contributed by atoms with Gasteiger partial charge in [-0.2, -0.15) is 5.26 Å². The monoisotopic (exact) mass is 503 g/mol. The predicted octanol–water partition coefficient (Wildman–Crippen LogP) is 4.10. The molecule has 0 bridgehead atoms. The van der Waals surface area contributed by atoms with Crippen LogP contribution in [0, 0.1) is 11.3 Å². The SMILES string of the molecule is CN(C)C(=O)c1cnc(-c2ccc(CN3CCN(c4ccnc(C#N)n4)CC3)cc2)c(-c2ccccc2)c1. The second-order valence-corrected chi connectivity index (χ2v) is 9.50. The maximum Gasteiger partial charge on any atom is 0.254 e. The van der Waals surface area contributed by atoms with E-state index in [0.29, 0.717) is 5.56 Å². The lowest BCUT2D eigenvalue weighted by Gasteiger charge is -2.35. The van der Waals surface area contributed by atoms with E-state index in [4.69, 9.17) is 10.2 Å². The van der Waals surface area contributed by atoms with Crippen LogP contribution in [0.3, 0.4) is 0 Å². The van der Waals surface area contributed by atoms with Crippen molar-refractivity contribution in [2.24, 2.45) is 0 Å². The van der Waals surface area contributed by atoms with Crippen LogP contribution in [0.4, 0.5) is 5.82 Å². The van der Waals surface area contributed by atoms with Crippen molar-refractivity contribution in [3.8, 4) is 28.5 Å². The number of carbonyl (C=O) groups excluding carboxylic acids is 1. The van der Waals surface area contributed by atoms with Gasteiger partial charge in [0.05, 0.1) is 11.3 Å². The van der Waals surface area contributed by atoms with Gasteiger partial charge in [-0.05, 0) is 23.3 Å². The molecule has 1 aliphatic heterocycles. The van der Waals surface area contributed by atoms with Crippen molar-refractivity contribution in [2.75, 3.05) is 45.2 Å². The maximum absolute atomic E-state index is 12.6. The maximum atomic E-state index is 12.6. The third kappa shape index (κ3) is 5.53. The highest BCUT2D eigenvalue weighted by molar-refractivity contribution is 5.96. The van der Waals surface area contributed by atoms with Gasteiger partial charge in [-0.15, -0.1) is 0 Å². The third-order valence-corrected chi connectivity index (χ3v) is 6.70. The van der Waals surface area contributed by atoms with E-state index in [-0.39, 0.29) is 11.7 Å². The zero-order chi connectivity index (χ0) is 26.5. The van der Waals surface area contributed by atoms with E-state index in [2.05, 4.69) is 44.0 Å². The van der Waals surface area contributed by atoms with Crippen LogP contribution < -0.4 is 4.90 Å². The lowest BCUT2D eigenvalue weighted by atomic mass is 9.97. The number of piperazine rings is 1. The summed E-state index contributed by atoms with van der Waals surface area (Å²) in [5.74, 6) is 0.941. The number of nitriles is 1. The molecule has 0 spiro atoms. The minimum atomic E-state index is -0.0677. The number of amides is 1. The molecule has 3 heterocycles. The Hall–Kier alpha value is -4.61. The Balaban J connectivity index is 1.30. The zero-order valence-electron chi connectivity index (χ0n) is 21.6. The zero-order valence-corrected chi connectivity index (χ0v) is 21.6. The first-order valence-corrected chi connectivity index (χ1v) is 12.6. The average Bonchev–Trinajstić information content (AvgIpc) is 2.98. The van der Waals surface area contributed by atoms with Crippen molar-refractivity contribution in [1.29, 1.82) is 5.26 Å². The normalized spacial score (nSPS) is 13.7. The van der Waals surface area contributed by atoms with Crippen molar-refractivity contribution >= 4 is 11.7 Å². The fourth-order valence-electron chi connectivity index (χ4n) is 4.65. The van der Waals surface area contributed by atoms with Crippen molar-refractivity contribution in [2.45, 2.75) is 6.54 Å². The van der Waals surface area contributed by atoms with Gasteiger partial charge in [0.25, 0.3) is 5.91 Å². The van der Waals surface area contributed by atoms with E-state index in [1.807, 2.05) is 48.5 Å². The molecule has 0 saturated carbocycles. The highest BCUT2D eigenvalue weighted by atomic mass is 16.2. The number of benzene rings is 2. The number of rotatable bonds is 6. The summed E-state index contributed by atoms with van der Waals surface area (Å²) in [6.45, 7) is 4.38. The fourth-order valence-corrected chi connectivity index (χ4v) is 4.65. The topological polar surface area (TPSA) is 89.3 Å². The number of hydrogen-bond acceptors (Lipinski definition) is 7. The average molecular weight is 504 g/mol. The van der Waals surface area contributed by atoms with Crippen molar-refractivity contribution < 1.29 is 4.79 Å². The molecule has 0 atom stereocenters. The molecule has 0 radical (unpaired) electrons. The van der Waals surface area contributed by atoms with Crippen LogP contribution in [0.25, 0.3) is 22.4 Å². The summed E-state index contributed by atoms with van der Waals surface area (Å²) < 4.78 is 0. The van der Waals surface area contributed by atoms with Crippen LogP contribution in [-0.4, -0.2) is 70.9 Å². The molecule has 1 fully saturated rings. The quantitative estimate of drug-likeness (QED) is 0.391. The molecule has 1 amide bonds. The summed E-state index contributed by atoms with van der Waals surface area (Å²) >= 11 is 0. The molecule has 8 nitrogen and oxygen atoms in total. The van der Waals surface area contributed by atoms with E-state index in [1.54, 1.807) is 31.4 Å². The Morgan fingerprint density at radius 3 is 2.37 bits per heavy atom.